The molecule has 0 bridgehead atoms. The molecule has 0 spiro atoms. The van der Waals surface area contributed by atoms with Crippen molar-refractivity contribution in [1.29, 1.82) is 0 Å². The van der Waals surface area contributed by atoms with Crippen LogP contribution in [0.1, 0.15) is 18.1 Å². The van der Waals surface area contributed by atoms with Gasteiger partial charge < -0.3 is 18.9 Å². The summed E-state index contributed by atoms with van der Waals surface area (Å²) in [6, 6.07) is 22.4. The first-order valence-electron chi connectivity index (χ1n) is 10.1. The number of carbonyl (C=O) groups excluding carboxylic acids is 1. The Hall–Kier alpha value is -4.00. The highest BCUT2D eigenvalue weighted by atomic mass is 16.5. The van der Waals surface area contributed by atoms with Crippen LogP contribution in [0.5, 0.6) is 23.0 Å². The van der Waals surface area contributed by atoms with Gasteiger partial charge in [0.1, 0.15) is 18.1 Å². The van der Waals surface area contributed by atoms with Gasteiger partial charge in [-0.15, -0.1) is 0 Å². The van der Waals surface area contributed by atoms with Crippen molar-refractivity contribution in [3.05, 3.63) is 83.9 Å². The summed E-state index contributed by atoms with van der Waals surface area (Å²) in [6.45, 7) is 2.13. The number of methoxy groups -OCH3 is 2. The van der Waals surface area contributed by atoms with E-state index < -0.39 is 6.10 Å². The molecule has 0 saturated heterocycles. The van der Waals surface area contributed by atoms with Crippen LogP contribution in [0.15, 0.2) is 77.9 Å². The molecule has 0 aliphatic heterocycles. The van der Waals surface area contributed by atoms with Gasteiger partial charge in [-0.25, -0.2) is 5.43 Å². The van der Waals surface area contributed by atoms with E-state index >= 15 is 0 Å². The van der Waals surface area contributed by atoms with Crippen LogP contribution in [0, 0.1) is 0 Å². The highest BCUT2D eigenvalue weighted by Gasteiger charge is 2.14. The van der Waals surface area contributed by atoms with Crippen LogP contribution in [-0.2, 0) is 11.4 Å². The summed E-state index contributed by atoms with van der Waals surface area (Å²) in [6.07, 6.45) is 0.751. The van der Waals surface area contributed by atoms with Crippen molar-refractivity contribution in [2.75, 3.05) is 14.2 Å². The van der Waals surface area contributed by atoms with Gasteiger partial charge in [-0.1, -0.05) is 36.4 Å². The molecule has 0 heterocycles. The number of carbonyl (C=O) groups is 1. The minimum atomic E-state index is -0.740. The Morgan fingerprint density at radius 1 is 0.938 bits per heavy atom. The molecule has 0 radical (unpaired) electrons. The molecule has 0 aliphatic carbocycles. The molecule has 0 aromatic heterocycles. The van der Waals surface area contributed by atoms with Crippen molar-refractivity contribution in [2.24, 2.45) is 5.10 Å². The number of rotatable bonds is 10. The summed E-state index contributed by atoms with van der Waals surface area (Å²) in [5.41, 5.74) is 4.24. The van der Waals surface area contributed by atoms with Gasteiger partial charge >= 0.3 is 0 Å². The highest BCUT2D eigenvalue weighted by Crippen LogP contribution is 2.29. The molecule has 32 heavy (non-hydrogen) atoms. The average Bonchev–Trinajstić information content (AvgIpc) is 2.83. The van der Waals surface area contributed by atoms with Gasteiger partial charge in [-0.05, 0) is 48.9 Å². The van der Waals surface area contributed by atoms with Gasteiger partial charge in [0.25, 0.3) is 5.91 Å². The van der Waals surface area contributed by atoms with E-state index in [2.05, 4.69) is 10.5 Å². The molecule has 0 aliphatic rings. The van der Waals surface area contributed by atoms with E-state index in [1.54, 1.807) is 57.5 Å². The summed E-state index contributed by atoms with van der Waals surface area (Å²) in [5.74, 6) is 2.00. The molecule has 7 nitrogen and oxygen atoms in total. The van der Waals surface area contributed by atoms with E-state index in [1.807, 2.05) is 36.4 Å². The van der Waals surface area contributed by atoms with Crippen LogP contribution in [0.3, 0.4) is 0 Å². The fourth-order valence-corrected chi connectivity index (χ4v) is 2.88. The van der Waals surface area contributed by atoms with E-state index in [-0.39, 0.29) is 5.91 Å². The van der Waals surface area contributed by atoms with Crippen LogP contribution in [-0.4, -0.2) is 32.4 Å². The van der Waals surface area contributed by atoms with Gasteiger partial charge in [-0.3, -0.25) is 4.79 Å². The Morgan fingerprint density at radius 3 is 2.34 bits per heavy atom. The number of hydrogen-bond donors (Lipinski definition) is 1. The lowest BCUT2D eigenvalue weighted by molar-refractivity contribution is -0.127. The Labute approximate surface area is 187 Å². The number of benzene rings is 3. The van der Waals surface area contributed by atoms with Crippen molar-refractivity contribution >= 4 is 12.1 Å². The monoisotopic (exact) mass is 434 g/mol. The fourth-order valence-electron chi connectivity index (χ4n) is 2.88. The molecule has 1 unspecified atom stereocenters. The van der Waals surface area contributed by atoms with E-state index in [0.717, 1.165) is 11.3 Å². The lowest BCUT2D eigenvalue weighted by Crippen LogP contribution is -2.33. The van der Waals surface area contributed by atoms with Crippen LogP contribution < -0.4 is 24.4 Å². The molecule has 1 N–H and O–H groups in total. The molecule has 0 saturated carbocycles. The second kappa shape index (κ2) is 11.4. The van der Waals surface area contributed by atoms with Crippen LogP contribution in [0.25, 0.3) is 0 Å². The quantitative estimate of drug-likeness (QED) is 0.382. The molecule has 166 valence electrons. The van der Waals surface area contributed by atoms with Crippen molar-refractivity contribution < 1.29 is 23.7 Å². The number of hydrogen-bond acceptors (Lipinski definition) is 6. The maximum Gasteiger partial charge on any atom is 0.280 e. The lowest BCUT2D eigenvalue weighted by atomic mass is 10.2. The molecule has 0 fully saturated rings. The minimum Gasteiger partial charge on any atom is -0.493 e. The van der Waals surface area contributed by atoms with Gasteiger partial charge in [-0.2, -0.15) is 5.10 Å². The fraction of sp³-hybridized carbons (Fsp3) is 0.200. The highest BCUT2D eigenvalue weighted by molar-refractivity contribution is 5.87. The first-order valence-corrected chi connectivity index (χ1v) is 10.1. The van der Waals surface area contributed by atoms with Crippen LogP contribution in [0.2, 0.25) is 0 Å². The Kier molecular flexibility index (Phi) is 8.09. The summed E-state index contributed by atoms with van der Waals surface area (Å²) < 4.78 is 22.0. The third-order valence-corrected chi connectivity index (χ3v) is 4.57. The van der Waals surface area contributed by atoms with E-state index in [1.165, 1.54) is 6.21 Å². The zero-order valence-electron chi connectivity index (χ0n) is 18.3. The van der Waals surface area contributed by atoms with Crippen molar-refractivity contribution in [2.45, 2.75) is 19.6 Å². The zero-order chi connectivity index (χ0) is 22.8. The summed E-state index contributed by atoms with van der Waals surface area (Å²) in [5, 5.41) is 4.00. The molecule has 1 amide bonds. The largest absolute Gasteiger partial charge is 0.493 e. The van der Waals surface area contributed by atoms with E-state index in [4.69, 9.17) is 18.9 Å². The molecule has 1 atom stereocenters. The Bertz CT molecular complexity index is 1040. The Balaban J connectivity index is 1.50. The minimum absolute atomic E-state index is 0.382. The third kappa shape index (κ3) is 6.25. The van der Waals surface area contributed by atoms with Gasteiger partial charge in [0.05, 0.1) is 20.4 Å². The number of nitrogens with one attached hydrogen (secondary N) is 1. The van der Waals surface area contributed by atoms with Crippen molar-refractivity contribution in [1.82, 2.24) is 5.43 Å². The van der Waals surface area contributed by atoms with E-state index in [9.17, 15) is 4.79 Å². The summed E-state index contributed by atoms with van der Waals surface area (Å²) in [7, 11) is 3.10. The zero-order valence-corrected chi connectivity index (χ0v) is 18.3. The summed E-state index contributed by atoms with van der Waals surface area (Å²) >= 11 is 0. The van der Waals surface area contributed by atoms with Gasteiger partial charge in [0, 0.05) is 5.56 Å². The number of ether oxygens (including phenoxy) is 4. The third-order valence-electron chi connectivity index (χ3n) is 4.57. The molecular weight excluding hydrogens is 408 g/mol. The molecule has 3 aromatic rings. The second-order valence-corrected chi connectivity index (χ2v) is 6.82. The maximum absolute atomic E-state index is 12.3. The van der Waals surface area contributed by atoms with Crippen LogP contribution >= 0.6 is 0 Å². The normalized spacial score (nSPS) is 11.6. The van der Waals surface area contributed by atoms with E-state index in [0.29, 0.717) is 29.4 Å². The molecule has 3 rings (SSSR count). The number of para-hydroxylation sites is 1. The first-order chi connectivity index (χ1) is 15.6. The van der Waals surface area contributed by atoms with Crippen molar-refractivity contribution in [3.8, 4) is 23.0 Å². The smallest absolute Gasteiger partial charge is 0.280 e. The number of hydrazone groups is 1. The number of amides is 1. The first kappa shape index (κ1) is 22.7. The second-order valence-electron chi connectivity index (χ2n) is 6.82. The van der Waals surface area contributed by atoms with Crippen LogP contribution in [0.4, 0.5) is 0 Å². The topological polar surface area (TPSA) is 78.4 Å². The number of nitrogens with zero attached hydrogens (tertiary/aromatic N) is 1. The van der Waals surface area contributed by atoms with Gasteiger partial charge in [0.2, 0.25) is 0 Å². The SMILES string of the molecule is COc1cccc(C=NNC(=O)C(C)Oc2ccc(OCc3ccccc3)cc2)c1OC. The van der Waals surface area contributed by atoms with Gasteiger partial charge in [0.15, 0.2) is 17.6 Å². The maximum atomic E-state index is 12.3. The molecular formula is C25H26N2O5. The molecule has 7 heteroatoms. The van der Waals surface area contributed by atoms with Crippen molar-refractivity contribution in [3.63, 3.8) is 0 Å². The standard InChI is InChI=1S/C25H26N2O5/c1-18(25(28)27-26-16-20-10-7-11-23(29-2)24(20)30-3)32-22-14-12-21(13-15-22)31-17-19-8-5-4-6-9-19/h4-16,18H,17H2,1-3H3,(H,27,28). The summed E-state index contributed by atoms with van der Waals surface area (Å²) in [4.78, 5) is 12.3. The molecule has 3 aromatic carbocycles. The average molecular weight is 434 g/mol. The predicted molar refractivity (Wildman–Crippen MR) is 123 cm³/mol. The Morgan fingerprint density at radius 2 is 1.66 bits per heavy atom. The predicted octanol–water partition coefficient (Wildman–Crippen LogP) is 4.20. The lowest BCUT2D eigenvalue weighted by Gasteiger charge is -2.14.